The summed E-state index contributed by atoms with van der Waals surface area (Å²) in [4.78, 5) is 13.0. The largest absolute Gasteiger partial charge is 0.504 e. The number of nitrogens with zero attached hydrogens (tertiary/aromatic N) is 1. The minimum absolute atomic E-state index is 0.0435. The zero-order chi connectivity index (χ0) is 22.4. The lowest BCUT2D eigenvalue weighted by Crippen LogP contribution is -2.43. The molecule has 3 rings (SSSR count). The average molecular weight is 459 g/mol. The van der Waals surface area contributed by atoms with Gasteiger partial charge in [-0.25, -0.2) is 5.43 Å². The first-order chi connectivity index (χ1) is 14.9. The first kappa shape index (κ1) is 22.6. The molecule has 0 bridgehead atoms. The highest BCUT2D eigenvalue weighted by molar-refractivity contribution is 6.43. The first-order valence-corrected chi connectivity index (χ1v) is 10.2. The third-order valence-electron chi connectivity index (χ3n) is 4.56. The molecule has 0 unspecified atom stereocenters. The second-order valence-corrected chi connectivity index (χ2v) is 7.29. The van der Waals surface area contributed by atoms with Crippen molar-refractivity contribution in [3.05, 3.63) is 93.5 Å². The molecule has 0 fully saturated rings. The summed E-state index contributed by atoms with van der Waals surface area (Å²) in [6.45, 7) is 2.06. The summed E-state index contributed by atoms with van der Waals surface area (Å²) in [6.07, 6.45) is 1.14. The number of phenols is 1. The molecule has 0 spiro atoms. The maximum Gasteiger partial charge on any atom is 0.281 e. The monoisotopic (exact) mass is 458 g/mol. The molecule has 1 amide bonds. The molecular formula is C23H20Cl2N2O4. The number of phenolic OH excluding ortho intramolecular Hbond substituents is 1. The standard InChI is InChI=1S/C23H20Cl2N2O4/c1-2-31-19-13-18(24)20(25)17(21(19)28)14-26-27-22(29)23(30,15-9-5-3-6-10-15)16-11-7-4-8-12-16/h3-14,28,30H,2H2,1H3,(H,27,29)/b26-14-. The van der Waals surface area contributed by atoms with E-state index >= 15 is 0 Å². The number of carbonyl (C=O) groups excluding carboxylic acids is 1. The number of hydrogen-bond acceptors (Lipinski definition) is 5. The minimum Gasteiger partial charge on any atom is -0.504 e. The fourth-order valence-electron chi connectivity index (χ4n) is 3.02. The van der Waals surface area contributed by atoms with Gasteiger partial charge < -0.3 is 14.9 Å². The molecule has 0 aromatic heterocycles. The number of nitrogens with one attached hydrogen (secondary N) is 1. The van der Waals surface area contributed by atoms with Crippen LogP contribution in [0.3, 0.4) is 0 Å². The Balaban J connectivity index is 1.94. The quantitative estimate of drug-likeness (QED) is 0.359. The average Bonchev–Trinajstić information content (AvgIpc) is 2.80. The van der Waals surface area contributed by atoms with Crippen molar-refractivity contribution in [2.45, 2.75) is 12.5 Å². The molecule has 3 aromatic carbocycles. The molecule has 160 valence electrons. The molecule has 0 radical (unpaired) electrons. The number of aliphatic hydroxyl groups is 1. The summed E-state index contributed by atoms with van der Waals surface area (Å²) in [5, 5.41) is 25.8. The van der Waals surface area contributed by atoms with Crippen LogP contribution in [0.1, 0.15) is 23.6 Å². The number of halogens is 2. The number of carbonyl (C=O) groups is 1. The highest BCUT2D eigenvalue weighted by Gasteiger charge is 2.39. The predicted molar refractivity (Wildman–Crippen MR) is 121 cm³/mol. The Morgan fingerprint density at radius 3 is 2.16 bits per heavy atom. The van der Waals surface area contributed by atoms with Crippen molar-refractivity contribution in [1.29, 1.82) is 0 Å². The molecule has 0 heterocycles. The van der Waals surface area contributed by atoms with Crippen LogP contribution in [-0.4, -0.2) is 28.9 Å². The number of amides is 1. The molecule has 3 N–H and O–H groups in total. The summed E-state index contributed by atoms with van der Waals surface area (Å²) in [7, 11) is 0. The van der Waals surface area contributed by atoms with Gasteiger partial charge in [0, 0.05) is 6.07 Å². The molecule has 0 atom stereocenters. The van der Waals surface area contributed by atoms with Crippen LogP contribution in [0.15, 0.2) is 71.8 Å². The van der Waals surface area contributed by atoms with Gasteiger partial charge in [0.05, 0.1) is 28.4 Å². The molecule has 0 aliphatic rings. The zero-order valence-electron chi connectivity index (χ0n) is 16.5. The minimum atomic E-state index is -1.99. The molecule has 6 nitrogen and oxygen atoms in total. The number of hydrazone groups is 1. The predicted octanol–water partition coefficient (Wildman–Crippen LogP) is 4.48. The lowest BCUT2D eigenvalue weighted by molar-refractivity contribution is -0.136. The Morgan fingerprint density at radius 1 is 1.10 bits per heavy atom. The van der Waals surface area contributed by atoms with E-state index in [1.54, 1.807) is 67.6 Å². The van der Waals surface area contributed by atoms with Crippen LogP contribution in [-0.2, 0) is 10.4 Å². The first-order valence-electron chi connectivity index (χ1n) is 9.40. The molecule has 8 heteroatoms. The Morgan fingerprint density at radius 2 is 1.65 bits per heavy atom. The zero-order valence-corrected chi connectivity index (χ0v) is 18.1. The fraction of sp³-hybridized carbons (Fsp3) is 0.130. The van der Waals surface area contributed by atoms with Gasteiger partial charge in [0.15, 0.2) is 17.1 Å². The van der Waals surface area contributed by atoms with E-state index in [4.69, 9.17) is 27.9 Å². The lowest BCUT2D eigenvalue weighted by atomic mass is 9.85. The van der Waals surface area contributed by atoms with Gasteiger partial charge in [0.2, 0.25) is 0 Å². The number of hydrogen-bond donors (Lipinski definition) is 3. The van der Waals surface area contributed by atoms with Gasteiger partial charge in [-0.05, 0) is 18.1 Å². The van der Waals surface area contributed by atoms with E-state index in [2.05, 4.69) is 10.5 Å². The van der Waals surface area contributed by atoms with Crippen molar-refractivity contribution >= 4 is 35.3 Å². The topological polar surface area (TPSA) is 91.2 Å². The molecular weight excluding hydrogens is 439 g/mol. The van der Waals surface area contributed by atoms with E-state index in [9.17, 15) is 15.0 Å². The molecule has 31 heavy (non-hydrogen) atoms. The van der Waals surface area contributed by atoms with E-state index < -0.39 is 11.5 Å². The lowest BCUT2D eigenvalue weighted by Gasteiger charge is -2.27. The van der Waals surface area contributed by atoms with Crippen molar-refractivity contribution in [3.8, 4) is 11.5 Å². The molecule has 0 aliphatic carbocycles. The van der Waals surface area contributed by atoms with Crippen LogP contribution in [0.2, 0.25) is 10.0 Å². The third kappa shape index (κ3) is 4.66. The van der Waals surface area contributed by atoms with Gasteiger partial charge in [-0.3, -0.25) is 4.79 Å². The summed E-state index contributed by atoms with van der Waals surface area (Å²) in [5.41, 5.74) is 1.14. The van der Waals surface area contributed by atoms with Gasteiger partial charge in [0.1, 0.15) is 0 Å². The Hall–Kier alpha value is -3.06. The van der Waals surface area contributed by atoms with Gasteiger partial charge in [-0.1, -0.05) is 83.9 Å². The van der Waals surface area contributed by atoms with Crippen molar-refractivity contribution in [1.82, 2.24) is 5.43 Å². The SMILES string of the molecule is CCOc1cc(Cl)c(Cl)c(/C=N\NC(=O)C(O)(c2ccccc2)c2ccccc2)c1O. The fourth-order valence-corrected chi connectivity index (χ4v) is 3.41. The summed E-state index contributed by atoms with van der Waals surface area (Å²) in [5.74, 6) is -0.922. The van der Waals surface area contributed by atoms with Crippen LogP contribution in [0.4, 0.5) is 0 Å². The second kappa shape index (κ2) is 9.83. The van der Waals surface area contributed by atoms with Crippen LogP contribution < -0.4 is 10.2 Å². The maximum absolute atomic E-state index is 13.0. The maximum atomic E-state index is 13.0. The Kier molecular flexibility index (Phi) is 7.17. The van der Waals surface area contributed by atoms with Crippen LogP contribution in [0, 0.1) is 0 Å². The Bertz CT molecular complexity index is 1050. The smallest absolute Gasteiger partial charge is 0.281 e. The summed E-state index contributed by atoms with van der Waals surface area (Å²) in [6, 6.07) is 18.4. The highest BCUT2D eigenvalue weighted by Crippen LogP contribution is 2.39. The van der Waals surface area contributed by atoms with Gasteiger partial charge in [-0.2, -0.15) is 5.10 Å². The molecule has 0 saturated carbocycles. The highest BCUT2D eigenvalue weighted by atomic mass is 35.5. The summed E-state index contributed by atoms with van der Waals surface area (Å²) < 4.78 is 5.33. The second-order valence-electron chi connectivity index (χ2n) is 6.51. The number of benzene rings is 3. The van der Waals surface area contributed by atoms with Gasteiger partial charge in [0.25, 0.3) is 5.91 Å². The summed E-state index contributed by atoms with van der Waals surface area (Å²) >= 11 is 12.3. The molecule has 0 saturated heterocycles. The van der Waals surface area contributed by atoms with Crippen LogP contribution in [0.5, 0.6) is 11.5 Å². The van der Waals surface area contributed by atoms with E-state index in [0.29, 0.717) is 17.7 Å². The number of rotatable bonds is 7. The number of aromatic hydroxyl groups is 1. The van der Waals surface area contributed by atoms with Crippen molar-refractivity contribution in [3.63, 3.8) is 0 Å². The van der Waals surface area contributed by atoms with E-state index in [1.165, 1.54) is 6.07 Å². The Labute approximate surface area is 189 Å². The van der Waals surface area contributed by atoms with E-state index in [1.807, 2.05) is 0 Å². The van der Waals surface area contributed by atoms with Crippen molar-refractivity contribution in [2.24, 2.45) is 5.10 Å². The van der Waals surface area contributed by atoms with Crippen molar-refractivity contribution in [2.75, 3.05) is 6.61 Å². The van der Waals surface area contributed by atoms with Crippen LogP contribution >= 0.6 is 23.2 Å². The van der Waals surface area contributed by atoms with E-state index in [-0.39, 0.29) is 27.1 Å². The third-order valence-corrected chi connectivity index (χ3v) is 5.37. The number of ether oxygens (including phenoxy) is 1. The van der Waals surface area contributed by atoms with Gasteiger partial charge >= 0.3 is 0 Å². The van der Waals surface area contributed by atoms with E-state index in [0.717, 1.165) is 6.21 Å². The normalized spacial score (nSPS) is 11.5. The molecule has 0 aliphatic heterocycles. The van der Waals surface area contributed by atoms with Crippen molar-refractivity contribution < 1.29 is 19.7 Å². The van der Waals surface area contributed by atoms with Crippen LogP contribution in [0.25, 0.3) is 0 Å². The van der Waals surface area contributed by atoms with Gasteiger partial charge in [-0.15, -0.1) is 0 Å². The molecule has 3 aromatic rings.